The van der Waals surface area contributed by atoms with Crippen molar-refractivity contribution in [1.82, 2.24) is 0 Å². The Morgan fingerprint density at radius 3 is 2.78 bits per heavy atom. The molecule has 4 nitrogen and oxygen atoms in total. The van der Waals surface area contributed by atoms with Gasteiger partial charge in [0.15, 0.2) is 0 Å². The summed E-state index contributed by atoms with van der Waals surface area (Å²) in [6.07, 6.45) is 2.52. The summed E-state index contributed by atoms with van der Waals surface area (Å²) in [7, 11) is 0. The van der Waals surface area contributed by atoms with Gasteiger partial charge in [-0.2, -0.15) is 11.8 Å². The third-order valence-electron chi connectivity index (χ3n) is 3.25. The summed E-state index contributed by atoms with van der Waals surface area (Å²) in [5.74, 6) is 2.74. The fourth-order valence-corrected chi connectivity index (χ4v) is 3.30. The first kappa shape index (κ1) is 13.1. The quantitative estimate of drug-likeness (QED) is 0.727. The molecule has 1 aromatic carbocycles. The number of anilines is 2. The van der Waals surface area contributed by atoms with Crippen LogP contribution in [-0.4, -0.2) is 24.0 Å². The van der Waals surface area contributed by atoms with Crippen LogP contribution in [0.2, 0.25) is 0 Å². The lowest BCUT2D eigenvalue weighted by Gasteiger charge is -2.22. The average molecular weight is 265 g/mol. The van der Waals surface area contributed by atoms with Crippen LogP contribution >= 0.6 is 11.8 Å². The van der Waals surface area contributed by atoms with Crippen molar-refractivity contribution >= 4 is 29.0 Å². The SMILES string of the molecule is NC(=O)c1cc(NCC2CCSCC2)ccc1N. The van der Waals surface area contributed by atoms with Crippen LogP contribution in [0, 0.1) is 5.92 Å². The molecule has 98 valence electrons. The first-order valence-electron chi connectivity index (χ1n) is 6.18. The Balaban J connectivity index is 1.96. The van der Waals surface area contributed by atoms with E-state index in [1.807, 2.05) is 17.8 Å². The molecule has 2 rings (SSSR count). The van der Waals surface area contributed by atoms with Crippen LogP contribution in [0.4, 0.5) is 11.4 Å². The maximum Gasteiger partial charge on any atom is 0.250 e. The number of rotatable bonds is 4. The van der Waals surface area contributed by atoms with Gasteiger partial charge in [0, 0.05) is 17.9 Å². The first-order chi connectivity index (χ1) is 8.66. The van der Waals surface area contributed by atoms with Gasteiger partial charge in [-0.25, -0.2) is 0 Å². The van der Waals surface area contributed by atoms with E-state index in [0.29, 0.717) is 11.3 Å². The van der Waals surface area contributed by atoms with Gasteiger partial charge in [-0.1, -0.05) is 0 Å². The van der Waals surface area contributed by atoms with Crippen molar-refractivity contribution in [2.75, 3.05) is 29.1 Å². The predicted molar refractivity (Wildman–Crippen MR) is 77.9 cm³/mol. The predicted octanol–water partition coefficient (Wildman–Crippen LogP) is 1.92. The fraction of sp³-hybridized carbons (Fsp3) is 0.462. The van der Waals surface area contributed by atoms with Crippen LogP contribution < -0.4 is 16.8 Å². The maximum atomic E-state index is 11.2. The molecule has 5 heteroatoms. The number of carbonyl (C=O) groups excluding carboxylic acids is 1. The van der Waals surface area contributed by atoms with Gasteiger partial charge in [0.2, 0.25) is 0 Å². The summed E-state index contributed by atoms with van der Waals surface area (Å²) in [6.45, 7) is 0.947. The molecule has 1 saturated heterocycles. The minimum atomic E-state index is -0.481. The molecule has 1 aliphatic heterocycles. The Labute approximate surface area is 111 Å². The number of amides is 1. The van der Waals surface area contributed by atoms with Gasteiger partial charge in [-0.3, -0.25) is 4.79 Å². The van der Waals surface area contributed by atoms with E-state index in [9.17, 15) is 4.79 Å². The third-order valence-corrected chi connectivity index (χ3v) is 4.30. The second-order valence-corrected chi connectivity index (χ2v) is 5.83. The van der Waals surface area contributed by atoms with Gasteiger partial charge in [-0.05, 0) is 48.5 Å². The summed E-state index contributed by atoms with van der Waals surface area (Å²) < 4.78 is 0. The molecule has 0 spiro atoms. The van der Waals surface area contributed by atoms with Gasteiger partial charge in [0.25, 0.3) is 5.91 Å². The smallest absolute Gasteiger partial charge is 0.250 e. The molecule has 0 saturated carbocycles. The summed E-state index contributed by atoms with van der Waals surface area (Å²) in [6, 6.07) is 5.34. The van der Waals surface area contributed by atoms with Crippen LogP contribution in [-0.2, 0) is 0 Å². The van der Waals surface area contributed by atoms with Crippen molar-refractivity contribution < 1.29 is 4.79 Å². The molecule has 0 aromatic heterocycles. The van der Waals surface area contributed by atoms with Crippen LogP contribution in [0.15, 0.2) is 18.2 Å². The molecule has 1 heterocycles. The van der Waals surface area contributed by atoms with Gasteiger partial charge in [0.05, 0.1) is 5.56 Å². The number of primary amides is 1. The lowest BCUT2D eigenvalue weighted by molar-refractivity contribution is 0.100. The van der Waals surface area contributed by atoms with E-state index >= 15 is 0 Å². The van der Waals surface area contributed by atoms with Crippen molar-refractivity contribution in [2.45, 2.75) is 12.8 Å². The largest absolute Gasteiger partial charge is 0.398 e. The topological polar surface area (TPSA) is 81.1 Å². The number of nitrogen functional groups attached to an aromatic ring is 1. The number of hydrogen-bond donors (Lipinski definition) is 3. The Bertz CT molecular complexity index is 430. The molecule has 1 aromatic rings. The molecule has 1 amide bonds. The number of carbonyl (C=O) groups is 1. The van der Waals surface area contributed by atoms with E-state index < -0.39 is 5.91 Å². The van der Waals surface area contributed by atoms with E-state index in [1.165, 1.54) is 24.3 Å². The summed E-state index contributed by atoms with van der Waals surface area (Å²) >= 11 is 2.02. The first-order valence-corrected chi connectivity index (χ1v) is 7.33. The van der Waals surface area contributed by atoms with Crippen molar-refractivity contribution in [1.29, 1.82) is 0 Å². The fourth-order valence-electron chi connectivity index (χ4n) is 2.09. The van der Waals surface area contributed by atoms with Crippen molar-refractivity contribution in [3.8, 4) is 0 Å². The molecule has 1 fully saturated rings. The van der Waals surface area contributed by atoms with Crippen LogP contribution in [0.3, 0.4) is 0 Å². The van der Waals surface area contributed by atoms with Gasteiger partial charge in [0.1, 0.15) is 0 Å². The minimum Gasteiger partial charge on any atom is -0.398 e. The Hall–Kier alpha value is -1.36. The van der Waals surface area contributed by atoms with E-state index in [4.69, 9.17) is 11.5 Å². The van der Waals surface area contributed by atoms with E-state index in [1.54, 1.807) is 12.1 Å². The van der Waals surface area contributed by atoms with Crippen LogP contribution in [0.1, 0.15) is 23.2 Å². The second kappa shape index (κ2) is 6.00. The highest BCUT2D eigenvalue weighted by Gasteiger charge is 2.13. The molecule has 0 radical (unpaired) electrons. The summed E-state index contributed by atoms with van der Waals surface area (Å²) in [4.78, 5) is 11.2. The number of nitrogens with two attached hydrogens (primary N) is 2. The van der Waals surface area contributed by atoms with E-state index in [0.717, 1.165) is 18.2 Å². The summed E-state index contributed by atoms with van der Waals surface area (Å²) in [5.41, 5.74) is 12.7. The molecular weight excluding hydrogens is 246 g/mol. The Morgan fingerprint density at radius 2 is 2.11 bits per heavy atom. The highest BCUT2D eigenvalue weighted by Crippen LogP contribution is 2.24. The van der Waals surface area contributed by atoms with Gasteiger partial charge in [-0.15, -0.1) is 0 Å². The number of thioether (sulfide) groups is 1. The lowest BCUT2D eigenvalue weighted by Crippen LogP contribution is -2.19. The van der Waals surface area contributed by atoms with E-state index in [-0.39, 0.29) is 0 Å². The van der Waals surface area contributed by atoms with Crippen molar-refractivity contribution in [3.63, 3.8) is 0 Å². The average Bonchev–Trinajstić information content (AvgIpc) is 2.38. The number of nitrogens with one attached hydrogen (secondary N) is 1. The zero-order valence-electron chi connectivity index (χ0n) is 10.3. The molecule has 0 unspecified atom stereocenters. The van der Waals surface area contributed by atoms with Gasteiger partial charge < -0.3 is 16.8 Å². The molecule has 0 bridgehead atoms. The van der Waals surface area contributed by atoms with Crippen LogP contribution in [0.25, 0.3) is 0 Å². The molecular formula is C13H19N3OS. The monoisotopic (exact) mass is 265 g/mol. The van der Waals surface area contributed by atoms with Gasteiger partial charge >= 0.3 is 0 Å². The second-order valence-electron chi connectivity index (χ2n) is 4.60. The van der Waals surface area contributed by atoms with Crippen LogP contribution in [0.5, 0.6) is 0 Å². The highest BCUT2D eigenvalue weighted by molar-refractivity contribution is 7.99. The Morgan fingerprint density at radius 1 is 1.39 bits per heavy atom. The zero-order chi connectivity index (χ0) is 13.0. The molecule has 18 heavy (non-hydrogen) atoms. The standard InChI is InChI=1S/C13H19N3OS/c14-12-2-1-10(7-11(12)13(15)17)16-8-9-3-5-18-6-4-9/h1-2,7,9,16H,3-6,8,14H2,(H2,15,17). The Kier molecular flexibility index (Phi) is 4.36. The highest BCUT2D eigenvalue weighted by atomic mass is 32.2. The third kappa shape index (κ3) is 3.32. The maximum absolute atomic E-state index is 11.2. The minimum absolute atomic E-state index is 0.388. The normalized spacial score (nSPS) is 16.4. The van der Waals surface area contributed by atoms with Crippen molar-refractivity contribution in [3.05, 3.63) is 23.8 Å². The molecule has 0 atom stereocenters. The molecule has 1 aliphatic rings. The van der Waals surface area contributed by atoms with E-state index in [2.05, 4.69) is 5.32 Å². The number of hydrogen-bond acceptors (Lipinski definition) is 4. The number of benzene rings is 1. The molecule has 0 aliphatic carbocycles. The summed E-state index contributed by atoms with van der Waals surface area (Å²) in [5, 5.41) is 3.36. The zero-order valence-corrected chi connectivity index (χ0v) is 11.1. The molecule has 5 N–H and O–H groups in total. The van der Waals surface area contributed by atoms with Crippen molar-refractivity contribution in [2.24, 2.45) is 11.7 Å². The lowest BCUT2D eigenvalue weighted by atomic mass is 10.0.